The topological polar surface area (TPSA) is 29.3 Å². The van der Waals surface area contributed by atoms with Crippen LogP contribution in [0.5, 0.6) is 0 Å². The first-order valence-electron chi connectivity index (χ1n) is 6.85. The van der Waals surface area contributed by atoms with Gasteiger partial charge in [-0.05, 0) is 24.5 Å². The average molecular weight is 264 g/mol. The molecule has 0 amide bonds. The second kappa shape index (κ2) is 6.60. The molecule has 2 rings (SSSR count). The Kier molecular flexibility index (Phi) is 5.10. The minimum atomic E-state index is 0.651. The summed E-state index contributed by atoms with van der Waals surface area (Å²) in [6.45, 7) is 7.73. The standard InChI is InChI=1S/C15H24N2S/c1-12-13(2)18-10-9-17(12)8-7-14-5-3-4-6-15(14)11-16/h3-6,12-13H,7-11,16H2,1-2H3. The molecule has 1 aromatic carbocycles. The van der Waals surface area contributed by atoms with Crippen LogP contribution < -0.4 is 5.73 Å². The Morgan fingerprint density at radius 3 is 2.72 bits per heavy atom. The van der Waals surface area contributed by atoms with E-state index in [1.807, 2.05) is 0 Å². The van der Waals surface area contributed by atoms with Gasteiger partial charge in [-0.3, -0.25) is 4.90 Å². The van der Waals surface area contributed by atoms with Gasteiger partial charge in [0, 0.05) is 36.7 Å². The fourth-order valence-corrected chi connectivity index (χ4v) is 3.74. The summed E-state index contributed by atoms with van der Waals surface area (Å²) in [5.41, 5.74) is 8.50. The van der Waals surface area contributed by atoms with Crippen molar-refractivity contribution in [1.29, 1.82) is 0 Å². The Bertz CT molecular complexity index is 381. The highest BCUT2D eigenvalue weighted by molar-refractivity contribution is 8.00. The molecule has 2 atom stereocenters. The van der Waals surface area contributed by atoms with Gasteiger partial charge < -0.3 is 5.73 Å². The zero-order valence-corrected chi connectivity index (χ0v) is 12.2. The summed E-state index contributed by atoms with van der Waals surface area (Å²) in [6, 6.07) is 9.25. The number of hydrogen-bond acceptors (Lipinski definition) is 3. The van der Waals surface area contributed by atoms with Crippen molar-refractivity contribution >= 4 is 11.8 Å². The molecule has 0 bridgehead atoms. The predicted molar refractivity (Wildman–Crippen MR) is 81.0 cm³/mol. The largest absolute Gasteiger partial charge is 0.326 e. The molecule has 0 radical (unpaired) electrons. The molecule has 2 unspecified atom stereocenters. The predicted octanol–water partition coefficient (Wildman–Crippen LogP) is 2.51. The first-order chi connectivity index (χ1) is 8.72. The van der Waals surface area contributed by atoms with E-state index < -0.39 is 0 Å². The summed E-state index contributed by atoms with van der Waals surface area (Å²) in [7, 11) is 0. The van der Waals surface area contributed by atoms with E-state index in [1.54, 1.807) is 0 Å². The lowest BCUT2D eigenvalue weighted by molar-refractivity contribution is 0.215. The molecule has 0 aromatic heterocycles. The molecular weight excluding hydrogens is 240 g/mol. The highest BCUT2D eigenvalue weighted by Gasteiger charge is 2.24. The number of nitrogens with zero attached hydrogens (tertiary/aromatic N) is 1. The molecule has 1 aliphatic rings. The van der Waals surface area contributed by atoms with Crippen molar-refractivity contribution < 1.29 is 0 Å². The van der Waals surface area contributed by atoms with Crippen LogP contribution in [0, 0.1) is 0 Å². The molecule has 0 aliphatic carbocycles. The van der Waals surface area contributed by atoms with Crippen molar-refractivity contribution in [3.8, 4) is 0 Å². The van der Waals surface area contributed by atoms with Crippen LogP contribution in [0.4, 0.5) is 0 Å². The third-order valence-electron chi connectivity index (χ3n) is 4.02. The molecule has 1 aliphatic heterocycles. The normalized spacial score (nSPS) is 25.3. The molecule has 0 saturated carbocycles. The summed E-state index contributed by atoms with van der Waals surface area (Å²) in [6.07, 6.45) is 1.12. The minimum absolute atomic E-state index is 0.651. The van der Waals surface area contributed by atoms with E-state index in [2.05, 4.69) is 54.8 Å². The summed E-state index contributed by atoms with van der Waals surface area (Å²) < 4.78 is 0. The Balaban J connectivity index is 1.94. The maximum Gasteiger partial charge on any atom is 0.0184 e. The first-order valence-corrected chi connectivity index (χ1v) is 7.89. The molecular formula is C15H24N2S. The van der Waals surface area contributed by atoms with Gasteiger partial charge in [0.05, 0.1) is 0 Å². The Hall–Kier alpha value is -0.510. The maximum absolute atomic E-state index is 5.79. The molecule has 3 heteroatoms. The fourth-order valence-electron chi connectivity index (χ4n) is 2.58. The van der Waals surface area contributed by atoms with Gasteiger partial charge in [-0.2, -0.15) is 11.8 Å². The highest BCUT2D eigenvalue weighted by Crippen LogP contribution is 2.24. The van der Waals surface area contributed by atoms with Gasteiger partial charge in [-0.15, -0.1) is 0 Å². The van der Waals surface area contributed by atoms with Gasteiger partial charge in [0.15, 0.2) is 0 Å². The van der Waals surface area contributed by atoms with Crippen molar-refractivity contribution in [2.24, 2.45) is 5.73 Å². The molecule has 18 heavy (non-hydrogen) atoms. The molecule has 2 nitrogen and oxygen atoms in total. The first kappa shape index (κ1) is 13.9. The van der Waals surface area contributed by atoms with Crippen molar-refractivity contribution in [3.63, 3.8) is 0 Å². The van der Waals surface area contributed by atoms with Gasteiger partial charge >= 0.3 is 0 Å². The van der Waals surface area contributed by atoms with Gasteiger partial charge in [-0.25, -0.2) is 0 Å². The number of benzene rings is 1. The monoisotopic (exact) mass is 264 g/mol. The van der Waals surface area contributed by atoms with E-state index in [0.717, 1.165) is 18.2 Å². The lowest BCUT2D eigenvalue weighted by atomic mass is 10.0. The van der Waals surface area contributed by atoms with Crippen LogP contribution >= 0.6 is 11.8 Å². The lowest BCUT2D eigenvalue weighted by Crippen LogP contribution is -2.45. The van der Waals surface area contributed by atoms with Gasteiger partial charge in [0.1, 0.15) is 0 Å². The van der Waals surface area contributed by atoms with Crippen LogP contribution in [-0.4, -0.2) is 35.0 Å². The number of thioether (sulfide) groups is 1. The summed E-state index contributed by atoms with van der Waals surface area (Å²) in [5.74, 6) is 1.27. The van der Waals surface area contributed by atoms with Crippen LogP contribution in [0.15, 0.2) is 24.3 Å². The van der Waals surface area contributed by atoms with E-state index in [4.69, 9.17) is 5.73 Å². The maximum atomic E-state index is 5.79. The third-order valence-corrected chi connectivity index (χ3v) is 5.36. The van der Waals surface area contributed by atoms with Crippen LogP contribution in [0.2, 0.25) is 0 Å². The van der Waals surface area contributed by atoms with Crippen molar-refractivity contribution in [2.45, 2.75) is 38.1 Å². The quantitative estimate of drug-likeness (QED) is 0.906. The van der Waals surface area contributed by atoms with Crippen molar-refractivity contribution in [3.05, 3.63) is 35.4 Å². The number of nitrogens with two attached hydrogens (primary N) is 1. The highest BCUT2D eigenvalue weighted by atomic mass is 32.2. The Morgan fingerprint density at radius 2 is 2.00 bits per heavy atom. The second-order valence-electron chi connectivity index (χ2n) is 5.08. The average Bonchev–Trinajstić information content (AvgIpc) is 2.41. The molecule has 100 valence electrons. The van der Waals surface area contributed by atoms with Crippen molar-refractivity contribution in [2.75, 3.05) is 18.8 Å². The Morgan fingerprint density at radius 1 is 1.28 bits per heavy atom. The molecule has 0 spiro atoms. The van der Waals surface area contributed by atoms with E-state index in [1.165, 1.54) is 23.4 Å². The van der Waals surface area contributed by atoms with E-state index in [9.17, 15) is 0 Å². The van der Waals surface area contributed by atoms with Crippen molar-refractivity contribution in [1.82, 2.24) is 4.90 Å². The lowest BCUT2D eigenvalue weighted by Gasteiger charge is -2.37. The van der Waals surface area contributed by atoms with Crippen LogP contribution in [0.25, 0.3) is 0 Å². The number of rotatable bonds is 4. The third kappa shape index (κ3) is 3.28. The van der Waals surface area contributed by atoms with Crippen LogP contribution in [0.1, 0.15) is 25.0 Å². The molecule has 1 heterocycles. The van der Waals surface area contributed by atoms with Crippen LogP contribution in [0.3, 0.4) is 0 Å². The summed E-state index contributed by atoms with van der Waals surface area (Å²) >= 11 is 2.10. The van der Waals surface area contributed by atoms with Gasteiger partial charge in [0.25, 0.3) is 0 Å². The second-order valence-corrected chi connectivity index (χ2v) is 6.56. The van der Waals surface area contributed by atoms with E-state index in [-0.39, 0.29) is 0 Å². The molecule has 1 fully saturated rings. The minimum Gasteiger partial charge on any atom is -0.326 e. The summed E-state index contributed by atoms with van der Waals surface area (Å²) in [5, 5.41) is 0.753. The Labute approximate surface area is 115 Å². The number of hydrogen-bond donors (Lipinski definition) is 1. The van der Waals surface area contributed by atoms with Crippen LogP contribution in [-0.2, 0) is 13.0 Å². The molecule has 1 saturated heterocycles. The molecule has 1 aromatic rings. The van der Waals surface area contributed by atoms with E-state index in [0.29, 0.717) is 12.6 Å². The summed E-state index contributed by atoms with van der Waals surface area (Å²) in [4.78, 5) is 2.62. The van der Waals surface area contributed by atoms with Gasteiger partial charge in [-0.1, -0.05) is 31.2 Å². The van der Waals surface area contributed by atoms with E-state index >= 15 is 0 Å². The SMILES string of the molecule is CC1SCCN(CCc2ccccc2CN)C1C. The zero-order chi connectivity index (χ0) is 13.0. The smallest absolute Gasteiger partial charge is 0.0184 e. The molecule has 2 N–H and O–H groups in total. The fraction of sp³-hybridized carbons (Fsp3) is 0.600. The zero-order valence-electron chi connectivity index (χ0n) is 11.4. The van der Waals surface area contributed by atoms with Gasteiger partial charge in [0.2, 0.25) is 0 Å².